The van der Waals surface area contributed by atoms with E-state index in [4.69, 9.17) is 23.2 Å². The number of hydrogen-bond acceptors (Lipinski definition) is 5. The molecule has 0 spiro atoms. The number of halogens is 2. The van der Waals surface area contributed by atoms with Crippen LogP contribution >= 0.6 is 23.2 Å². The lowest BCUT2D eigenvalue weighted by molar-refractivity contribution is 0.0637. The van der Waals surface area contributed by atoms with Crippen LogP contribution in [0.5, 0.6) is 5.75 Å². The molecule has 1 aromatic rings. The highest BCUT2D eigenvalue weighted by Crippen LogP contribution is 2.48. The lowest BCUT2D eigenvalue weighted by atomic mass is 9.83. The Labute approximate surface area is 167 Å². The average molecular weight is 435 g/mol. The van der Waals surface area contributed by atoms with Gasteiger partial charge in [-0.15, -0.1) is 0 Å². The van der Waals surface area contributed by atoms with Crippen molar-refractivity contribution in [1.29, 1.82) is 0 Å². The summed E-state index contributed by atoms with van der Waals surface area (Å²) in [5, 5.41) is 25.5. The summed E-state index contributed by atoms with van der Waals surface area (Å²) in [6, 6.07) is 1.67. The summed E-state index contributed by atoms with van der Waals surface area (Å²) in [4.78, 5) is 11.7. The van der Waals surface area contributed by atoms with Crippen molar-refractivity contribution in [2.45, 2.75) is 54.4 Å². The van der Waals surface area contributed by atoms with Crippen LogP contribution in [-0.4, -0.2) is 41.6 Å². The highest BCUT2D eigenvalue weighted by Gasteiger charge is 2.52. The number of nitrogens with one attached hydrogen (secondary N) is 2. The van der Waals surface area contributed by atoms with Crippen molar-refractivity contribution >= 4 is 44.8 Å². The summed E-state index contributed by atoms with van der Waals surface area (Å²) in [7, 11) is -4.03. The molecule has 0 bridgehead atoms. The molecule has 0 saturated heterocycles. The minimum Gasteiger partial charge on any atom is -0.504 e. The minimum atomic E-state index is -4.03. The van der Waals surface area contributed by atoms with E-state index in [1.54, 1.807) is 0 Å². The van der Waals surface area contributed by atoms with Gasteiger partial charge in [-0.25, -0.2) is 13.2 Å². The van der Waals surface area contributed by atoms with Gasteiger partial charge < -0.3 is 20.8 Å². The van der Waals surface area contributed by atoms with E-state index in [-0.39, 0.29) is 29.6 Å². The Balaban J connectivity index is 1.86. The number of rotatable bonds is 4. The molecule has 0 aliphatic heterocycles. The van der Waals surface area contributed by atoms with Crippen molar-refractivity contribution in [2.75, 3.05) is 5.32 Å². The fraction of sp³-hybridized carbons (Fsp3) is 0.471. The van der Waals surface area contributed by atoms with Crippen molar-refractivity contribution in [3.8, 4) is 5.75 Å². The van der Waals surface area contributed by atoms with Crippen LogP contribution in [0.2, 0.25) is 5.02 Å². The number of phenolic OH excluding ortho intramolecular Hbond substituents is 1. The summed E-state index contributed by atoms with van der Waals surface area (Å²) in [6.45, 7) is 1.49. The molecule has 0 heterocycles. The molecule has 2 aliphatic rings. The van der Waals surface area contributed by atoms with Crippen LogP contribution in [0.1, 0.15) is 32.6 Å². The molecule has 2 aliphatic carbocycles. The van der Waals surface area contributed by atoms with Crippen LogP contribution in [0, 0.1) is 0 Å². The fourth-order valence-electron chi connectivity index (χ4n) is 3.43. The molecule has 148 valence electrons. The van der Waals surface area contributed by atoms with Crippen LogP contribution in [-0.2, 0) is 9.84 Å². The van der Waals surface area contributed by atoms with E-state index in [9.17, 15) is 23.4 Å². The Kier molecular flexibility index (Phi) is 5.37. The number of sulfone groups is 1. The molecule has 1 saturated carbocycles. The van der Waals surface area contributed by atoms with Gasteiger partial charge in [0.25, 0.3) is 0 Å². The summed E-state index contributed by atoms with van der Waals surface area (Å²) in [5.74, 6) is -0.631. The zero-order chi connectivity index (χ0) is 20.0. The number of carbonyl (C=O) groups excluding carboxylic acids is 1. The van der Waals surface area contributed by atoms with E-state index in [0.717, 1.165) is 6.42 Å². The maximum absolute atomic E-state index is 13.0. The zero-order valence-corrected chi connectivity index (χ0v) is 16.8. The van der Waals surface area contributed by atoms with Crippen LogP contribution in [0.4, 0.5) is 10.5 Å². The van der Waals surface area contributed by atoms with Crippen LogP contribution < -0.4 is 10.6 Å². The third-order valence-corrected chi connectivity index (χ3v) is 8.44. The monoisotopic (exact) mass is 434 g/mol. The van der Waals surface area contributed by atoms with Crippen molar-refractivity contribution in [1.82, 2.24) is 5.32 Å². The van der Waals surface area contributed by atoms with E-state index in [2.05, 4.69) is 10.6 Å². The number of allylic oxidation sites excluding steroid dienone is 1. The largest absolute Gasteiger partial charge is 0.504 e. The third kappa shape index (κ3) is 3.63. The number of urea groups is 1. The highest BCUT2D eigenvalue weighted by molar-refractivity contribution is 7.93. The fourth-order valence-corrected chi connectivity index (χ4v) is 6.17. The second kappa shape index (κ2) is 7.16. The second-order valence-electron chi connectivity index (χ2n) is 7.11. The number of carbonyl (C=O) groups is 1. The maximum atomic E-state index is 13.0. The van der Waals surface area contributed by atoms with Crippen LogP contribution in [0.15, 0.2) is 28.1 Å². The first-order valence-electron chi connectivity index (χ1n) is 8.42. The number of benzene rings is 1. The van der Waals surface area contributed by atoms with Gasteiger partial charge in [0, 0.05) is 5.03 Å². The van der Waals surface area contributed by atoms with E-state index >= 15 is 0 Å². The molecule has 3 rings (SSSR count). The van der Waals surface area contributed by atoms with E-state index < -0.39 is 37.4 Å². The van der Waals surface area contributed by atoms with Gasteiger partial charge in [0.15, 0.2) is 15.6 Å². The molecule has 0 unspecified atom stereocenters. The highest BCUT2D eigenvalue weighted by atomic mass is 35.5. The smallest absolute Gasteiger partial charge is 0.319 e. The molecular formula is C17H20Cl2N2O5S. The summed E-state index contributed by atoms with van der Waals surface area (Å²) in [5.41, 5.74) is -0.0861. The van der Waals surface area contributed by atoms with Gasteiger partial charge in [0.2, 0.25) is 0 Å². The molecule has 10 heteroatoms. The molecule has 0 radical (unpaired) electrons. The summed E-state index contributed by atoms with van der Waals surface area (Å²) in [6.07, 6.45) is 2.63. The Morgan fingerprint density at radius 3 is 2.52 bits per heavy atom. The topological polar surface area (TPSA) is 116 Å². The van der Waals surface area contributed by atoms with Gasteiger partial charge >= 0.3 is 6.03 Å². The molecular weight excluding hydrogens is 415 g/mol. The SMILES string of the molecule is CC1(S(=O)(=O)c2c(Cl)ccc(NC(=O)N[C@@H]3CCC=C3Cl)c2O)CC(O)C1. The third-order valence-electron chi connectivity index (χ3n) is 5.02. The van der Waals surface area contributed by atoms with Gasteiger partial charge in [-0.05, 0) is 44.7 Å². The summed E-state index contributed by atoms with van der Waals surface area (Å²) >= 11 is 12.0. The van der Waals surface area contributed by atoms with Gasteiger partial charge in [0.1, 0.15) is 4.90 Å². The Bertz CT molecular complexity index is 910. The molecule has 1 fully saturated rings. The lowest BCUT2D eigenvalue weighted by Crippen LogP contribution is -2.50. The predicted octanol–water partition coefficient (Wildman–Crippen LogP) is 3.14. The summed E-state index contributed by atoms with van der Waals surface area (Å²) < 4.78 is 24.7. The molecule has 27 heavy (non-hydrogen) atoms. The standard InChI is InChI=1S/C17H20Cl2N2O5S/c1-17(7-9(22)8-17)27(25,26)15-11(19)5-6-13(14(15)23)21-16(24)20-12-4-2-3-10(12)18/h3,5-6,9,12,22-23H,2,4,7-8H2,1H3,(H2,20,21,24)/t9?,12-,17?/m1/s1. The van der Waals surface area contributed by atoms with E-state index in [1.165, 1.54) is 19.1 Å². The van der Waals surface area contributed by atoms with Gasteiger partial charge in [0.05, 0.1) is 27.6 Å². The Hall–Kier alpha value is -1.48. The van der Waals surface area contributed by atoms with E-state index in [0.29, 0.717) is 11.5 Å². The predicted molar refractivity (Wildman–Crippen MR) is 103 cm³/mol. The number of aliphatic hydroxyl groups is 1. The number of phenols is 1. The molecule has 0 aromatic heterocycles. The number of anilines is 1. The van der Waals surface area contributed by atoms with Crippen molar-refractivity contribution < 1.29 is 23.4 Å². The Morgan fingerprint density at radius 2 is 1.96 bits per heavy atom. The minimum absolute atomic E-state index is 0.0513. The number of amides is 2. The van der Waals surface area contributed by atoms with E-state index in [1.807, 2.05) is 6.08 Å². The first-order valence-corrected chi connectivity index (χ1v) is 10.7. The quantitative estimate of drug-likeness (QED) is 0.543. The van der Waals surface area contributed by atoms with Crippen LogP contribution in [0.25, 0.3) is 0 Å². The van der Waals surface area contributed by atoms with Crippen LogP contribution in [0.3, 0.4) is 0 Å². The molecule has 7 nitrogen and oxygen atoms in total. The number of aromatic hydroxyl groups is 1. The van der Waals surface area contributed by atoms with Gasteiger partial charge in [-0.1, -0.05) is 29.3 Å². The lowest BCUT2D eigenvalue weighted by Gasteiger charge is -2.41. The zero-order valence-electron chi connectivity index (χ0n) is 14.5. The molecule has 1 aromatic carbocycles. The second-order valence-corrected chi connectivity index (χ2v) is 10.3. The molecule has 4 N–H and O–H groups in total. The van der Waals surface area contributed by atoms with Gasteiger partial charge in [-0.2, -0.15) is 0 Å². The first kappa shape index (κ1) is 20.3. The molecule has 2 amide bonds. The number of hydrogen-bond donors (Lipinski definition) is 4. The first-order chi connectivity index (χ1) is 12.5. The van der Waals surface area contributed by atoms with Gasteiger partial charge in [-0.3, -0.25) is 0 Å². The van der Waals surface area contributed by atoms with Crippen molar-refractivity contribution in [2.24, 2.45) is 0 Å². The number of aliphatic hydroxyl groups excluding tert-OH is 1. The normalized spacial score (nSPS) is 27.6. The average Bonchev–Trinajstić information content (AvgIpc) is 2.93. The molecule has 1 atom stereocenters. The van der Waals surface area contributed by atoms with Crippen molar-refractivity contribution in [3.05, 3.63) is 28.3 Å². The van der Waals surface area contributed by atoms with Crippen molar-refractivity contribution in [3.63, 3.8) is 0 Å². The maximum Gasteiger partial charge on any atom is 0.319 e. The Morgan fingerprint density at radius 1 is 1.30 bits per heavy atom.